The number of Topliss-reactive ketones (excluding diaryl/α,β-unsaturated/α-hetero) is 1. The van der Waals surface area contributed by atoms with E-state index in [4.69, 9.17) is 66.8 Å². The van der Waals surface area contributed by atoms with E-state index in [9.17, 15) is 64.5 Å². The van der Waals surface area contributed by atoms with Gasteiger partial charge in [-0.1, -0.05) is 142 Å². The minimum Gasteiger partial charge on any atom is 2.00 e. The van der Waals surface area contributed by atoms with Gasteiger partial charge in [-0.05, 0) is 209 Å². The van der Waals surface area contributed by atoms with Gasteiger partial charge >= 0.3 is 62.1 Å². The number of hydrogen-bond donors (Lipinski definition) is 10. The maximum Gasteiger partial charge on any atom is 2.00 e. The van der Waals surface area contributed by atoms with Crippen LogP contribution in [0.15, 0.2) is 261 Å². The quantitative estimate of drug-likeness (QED) is 0.00435. The predicted molar refractivity (Wildman–Crippen MR) is 555 cm³/mol. The molecule has 0 saturated heterocycles. The molecule has 14 aromatic rings. The largest absolute Gasteiger partial charge is 2.00 e. The number of carbonyl (C=O) groups is 4. The Kier molecular flexibility index (Phi) is 50.5. The minimum atomic E-state index is -1.34. The molecule has 3 unspecified atom stereocenters. The van der Waals surface area contributed by atoms with Crippen LogP contribution in [0, 0.1) is 110 Å². The van der Waals surface area contributed by atoms with Gasteiger partial charge in [0.1, 0.15) is 86.6 Å². The van der Waals surface area contributed by atoms with Crippen LogP contribution in [0.25, 0.3) is 26.8 Å². The standard InChI is InChI=1S/C30H26F2N4O.C25H18F2N4O2.C13H11F2NO.C12H9N3O2.C12H22NSi2.C7H4F2O.C4H13N3.C4H9N.BrH.2ClH.Mg.Ni/c1-19-13-28(36(35-19)25-8-4-7-24(17-25)33-2)29(37)15-21-5-3-6-22(14-21)30(34-18-20-9-10-20)26-12-11-23(31)16-27(26)32;1-15-11-23(31(30-15)20-8-4-6-18(14-20)28-2)25(33)29-19-7-3-5-16(12-19)24(32)21-10-9-17(26)13-22(21)27;14-9-4-5-11(12(15)7-9)13(17)8-2-1-3-10(16)6-8;1-8-5-11(12(16)17)15(14-8)10-4-2-3-9(6-10)7-13;1-14(2,3)13(15(4,5)6)12-10-8-7-9-11-12;8-6-2-1-5(4-10)7(9)3-6;5-1-3-7-4-2-6;5-3-4-1-2-4;;;;;/h3-8,11-14,16-17,20,30,34H,9-10,15,18H2,1H3;3-14,24,32H,1H3,(H,29,33);1-7,13,17H,16H2;2-6H,1H3,(H,16,17);7-8,10-11H,1-6H3;1-4H;7H,1-6H2;4H,1-3,5H2;3*1H;;/q;;;;-1;;;;;;;2*+2/p-3. The molecule has 2 aliphatic carbocycles. The first kappa shape index (κ1) is 122. The zero-order chi connectivity index (χ0) is 105. The summed E-state index contributed by atoms with van der Waals surface area (Å²) >= 11 is 0.569. The number of aromatic nitrogens is 6. The summed E-state index contributed by atoms with van der Waals surface area (Å²) in [5.41, 5.74) is 31.8. The molecule has 2 fully saturated rings. The summed E-state index contributed by atoms with van der Waals surface area (Å²) in [5, 5.41) is 60.6. The number of nitrogens with one attached hydrogen (secondary N) is 3. The van der Waals surface area contributed by atoms with Crippen molar-refractivity contribution in [3.8, 4) is 23.1 Å². The molecule has 39 heteroatoms. The summed E-state index contributed by atoms with van der Waals surface area (Å²) in [6, 6.07) is 71.2. The molecule has 0 radical (unpaired) electrons. The van der Waals surface area contributed by atoms with E-state index in [-0.39, 0.29) is 80.3 Å². The summed E-state index contributed by atoms with van der Waals surface area (Å²) < 4.78 is 113. The minimum absolute atomic E-state index is 0. The molecule has 0 spiro atoms. The second-order valence-corrected chi connectivity index (χ2v) is 46.6. The third-order valence-electron chi connectivity index (χ3n) is 21.3. The van der Waals surface area contributed by atoms with Crippen LogP contribution in [0.4, 0.5) is 63.6 Å². The van der Waals surface area contributed by atoms with Gasteiger partial charge in [0.05, 0.1) is 70.5 Å². The number of ketones is 1. The molecular formula is C107H112BrCl2F8MgN17NiO7Si2. The van der Waals surface area contributed by atoms with Gasteiger partial charge in [-0.15, -0.1) is 0 Å². The number of anilines is 3. The van der Waals surface area contributed by atoms with Gasteiger partial charge in [-0.2, -0.15) is 50.9 Å². The Morgan fingerprint density at radius 1 is 0.562 bits per heavy atom. The van der Waals surface area contributed by atoms with Crippen LogP contribution in [0.1, 0.15) is 147 Å². The van der Waals surface area contributed by atoms with E-state index < -0.39 is 93.1 Å². The fourth-order valence-electron chi connectivity index (χ4n) is 14.7. The molecule has 1 amide bonds. The number of carboxylic acid groups (broad SMARTS) is 1. The number of carbonyl (C=O) groups excluding carboxylic acids is 3. The Labute approximate surface area is 887 Å². The monoisotopic (exact) mass is 2190 g/mol. The number of aldehydes is 1. The van der Waals surface area contributed by atoms with Crippen molar-refractivity contribution in [1.82, 2.24) is 40.0 Å². The molecule has 2 aliphatic rings. The second-order valence-electron chi connectivity index (χ2n) is 34.9. The Morgan fingerprint density at radius 2 is 1.01 bits per heavy atom. The predicted octanol–water partition coefficient (Wildman–Crippen LogP) is 18.8. The fraction of sp³-hybridized carbons (Fsp3) is 0.234. The Balaban J connectivity index is 0.000000271. The fourth-order valence-corrected chi connectivity index (χ4v) is 24.6. The number of nitrogens with two attached hydrogens (primary N) is 4. The number of carboxylic acids is 1. The van der Waals surface area contributed by atoms with Crippen molar-refractivity contribution in [2.75, 3.05) is 54.6 Å². The van der Waals surface area contributed by atoms with E-state index in [1.807, 2.05) is 49.4 Å². The molecule has 11 aromatic carbocycles. The first-order valence-corrected chi connectivity index (χ1v) is 54.8. The summed E-state index contributed by atoms with van der Waals surface area (Å²) in [5.74, 6) is -5.92. The number of aromatic carboxylic acids is 1. The van der Waals surface area contributed by atoms with Crippen molar-refractivity contribution in [3.63, 3.8) is 0 Å². The molecule has 3 aromatic heterocycles. The van der Waals surface area contributed by atoms with Gasteiger partial charge in [0.25, 0.3) is 5.91 Å². The van der Waals surface area contributed by atoms with Crippen molar-refractivity contribution in [3.05, 3.63) is 421 Å². The average molecular weight is 2190 g/mol. The van der Waals surface area contributed by atoms with Crippen LogP contribution in [-0.4, -0.2) is 147 Å². The summed E-state index contributed by atoms with van der Waals surface area (Å²) in [6.45, 7) is 39.0. The third-order valence-corrected chi connectivity index (χ3v) is 28.6. The van der Waals surface area contributed by atoms with Crippen LogP contribution in [0.2, 0.25) is 39.3 Å². The Hall–Kier alpha value is -12.7. The number of nitrogens with zero attached hydrogens (tertiary/aromatic N) is 10. The molecule has 2 saturated carbocycles. The van der Waals surface area contributed by atoms with Crippen molar-refractivity contribution in [2.24, 2.45) is 29.0 Å². The SMILES string of the molecule is C[Si](C)(C)N(c1c[c-]ccc1)[Si](C)(C)C.Cc1cc(C(=O)O)n(-c2cccc(C#N)c2)n1.NCC1CC1.NCCNCCN.Nc1cccc(C(O)c2ccc(F)cc2F)c1.O=Cc1ccc(F)cc1F.[Br-].[C-]#[N+]c1cccc(-n2nc(C)cc2C(=O)Cc2cccc(C(NCC3CC3)c3ccc(F)cc3F)c2)c1.[C-]#[N+]c1cccc(-n2nc(C)cc2C(=O)Nc2cccc(C(O)c3ccc(F)cc3F)c2)c1.[Cl][Ni][Cl].[Mg+2]. The average Bonchev–Trinajstić information content (AvgIpc) is 1.71. The molecule has 0 bridgehead atoms. The van der Waals surface area contributed by atoms with E-state index in [1.165, 1.54) is 64.3 Å². The van der Waals surface area contributed by atoms with Crippen LogP contribution in [-0.2, 0) is 19.1 Å². The number of nitrogen functional groups attached to an aromatic ring is 1. The van der Waals surface area contributed by atoms with Crippen molar-refractivity contribution in [1.29, 1.82) is 5.26 Å². The number of rotatable bonds is 27. The van der Waals surface area contributed by atoms with Gasteiger partial charge in [0.15, 0.2) is 29.1 Å². The number of amides is 1. The van der Waals surface area contributed by atoms with Gasteiger partial charge < -0.3 is 75.4 Å². The van der Waals surface area contributed by atoms with Crippen LogP contribution >= 0.6 is 20.4 Å². The summed E-state index contributed by atoms with van der Waals surface area (Å²) in [4.78, 5) is 54.3. The van der Waals surface area contributed by atoms with Gasteiger partial charge in [-0.3, -0.25) is 14.4 Å². The number of nitriles is 1. The third kappa shape index (κ3) is 38.6. The first-order valence-electron chi connectivity index (χ1n) is 45.2. The van der Waals surface area contributed by atoms with Gasteiger partial charge in [-0.25, -0.2) is 63.7 Å². The number of benzene rings is 11. The second kappa shape index (κ2) is 60.4. The molecule has 3 atom stereocenters. The van der Waals surface area contributed by atoms with E-state index >= 15 is 0 Å². The summed E-state index contributed by atoms with van der Waals surface area (Å²) in [7, 11) is 6.83. The van der Waals surface area contributed by atoms with Crippen molar-refractivity contribution < 1.29 is 99.3 Å². The molecule has 146 heavy (non-hydrogen) atoms. The molecule has 764 valence electrons. The Bertz CT molecular complexity index is 6770. The summed E-state index contributed by atoms with van der Waals surface area (Å²) in [6.07, 6.45) is 3.04. The van der Waals surface area contributed by atoms with Gasteiger partial charge in [0.2, 0.25) is 0 Å². The number of aliphatic hydroxyl groups is 2. The number of halogens is 11. The molecule has 14 N–H and O–H groups in total. The van der Waals surface area contributed by atoms with Crippen LogP contribution in [0.5, 0.6) is 0 Å². The smallest absolute Gasteiger partial charge is 2.00 e. The first-order chi connectivity index (χ1) is 68.7. The van der Waals surface area contributed by atoms with E-state index in [0.29, 0.717) is 135 Å². The topological polar surface area (TPSA) is 358 Å². The number of aryl methyl sites for hydroxylation is 3. The van der Waals surface area contributed by atoms with Crippen LogP contribution in [0.3, 0.4) is 0 Å². The molecule has 16 rings (SSSR count). The van der Waals surface area contributed by atoms with E-state index in [0.717, 1.165) is 92.5 Å². The van der Waals surface area contributed by atoms with Gasteiger partial charge in [0, 0.05) is 84.9 Å². The maximum absolute atomic E-state index is 14.8. The zero-order valence-corrected chi connectivity index (χ0v) is 89.0. The zero-order valence-electron chi connectivity index (χ0n) is 81.5. The number of hydrogen-bond acceptors (Lipinski definition) is 17. The maximum atomic E-state index is 14.8. The Morgan fingerprint density at radius 3 is 1.45 bits per heavy atom. The van der Waals surface area contributed by atoms with E-state index in [1.54, 1.807) is 140 Å². The van der Waals surface area contributed by atoms with Crippen molar-refractivity contribution >= 4 is 112 Å². The molecular weight excluding hydrogens is 2080 g/mol. The molecule has 0 aliphatic heterocycles. The van der Waals surface area contributed by atoms with E-state index in [2.05, 4.69) is 109 Å². The molecule has 3 heterocycles. The molecule has 24 nitrogen and oxygen atoms in total. The van der Waals surface area contributed by atoms with Crippen LogP contribution < -0.4 is 60.1 Å². The normalized spacial score (nSPS) is 12.1. The van der Waals surface area contributed by atoms with Crippen molar-refractivity contribution in [2.45, 2.75) is 110 Å². The number of aliphatic hydroxyl groups excluding tert-OH is 2.